The minimum Gasteiger partial charge on any atom is -0.507 e. The van der Waals surface area contributed by atoms with Crippen LogP contribution in [-0.4, -0.2) is 33.2 Å². The third-order valence-corrected chi connectivity index (χ3v) is 7.11. The van der Waals surface area contributed by atoms with Crippen LogP contribution in [0.15, 0.2) is 59.5 Å². The van der Waals surface area contributed by atoms with Crippen molar-refractivity contribution < 1.29 is 41.0 Å². The average molecular weight is 492 g/mol. The Labute approximate surface area is 193 Å². The van der Waals surface area contributed by atoms with Crippen LogP contribution in [0.25, 0.3) is 11.1 Å². The highest BCUT2D eigenvalue weighted by Crippen LogP contribution is 2.37. The molecule has 1 aliphatic rings. The number of benzene rings is 3. The highest BCUT2D eigenvalue weighted by molar-refractivity contribution is 7.90. The monoisotopic (exact) mass is 492 g/mol. The van der Waals surface area contributed by atoms with Crippen LogP contribution in [0.2, 0.25) is 0 Å². The molecule has 0 aliphatic carbocycles. The Hall–Kier alpha value is -3.53. The Bertz CT molecular complexity index is 1380. The number of phenols is 1. The number of alkyl halides is 3. The van der Waals surface area contributed by atoms with Gasteiger partial charge in [0.25, 0.3) is 0 Å². The number of hydrogen-bond acceptors (Lipinski definition) is 6. The molecule has 3 aromatic rings. The second kappa shape index (κ2) is 8.68. The summed E-state index contributed by atoms with van der Waals surface area (Å²) in [7, 11) is -3.12. The molecule has 1 heterocycles. The van der Waals surface area contributed by atoms with Crippen molar-refractivity contribution in [1.29, 1.82) is 0 Å². The largest absolute Gasteiger partial charge is 0.507 e. The Kier molecular flexibility index (Phi) is 6.03. The summed E-state index contributed by atoms with van der Waals surface area (Å²) in [6, 6.07) is 11.2. The van der Waals surface area contributed by atoms with E-state index >= 15 is 0 Å². The SMILES string of the molecule is COC(=O)c1ccc(CS(=O)(=O)c2cc(-c3ccc4c(c3)CCO4)cc(C(F)(F)F)c2)cc1O. The van der Waals surface area contributed by atoms with Gasteiger partial charge in [-0.3, -0.25) is 0 Å². The maximum atomic E-state index is 13.6. The Morgan fingerprint density at radius 3 is 2.50 bits per heavy atom. The van der Waals surface area contributed by atoms with E-state index in [2.05, 4.69) is 4.74 Å². The van der Waals surface area contributed by atoms with Crippen LogP contribution < -0.4 is 4.74 Å². The topological polar surface area (TPSA) is 89.9 Å². The van der Waals surface area contributed by atoms with Crippen LogP contribution in [0.3, 0.4) is 0 Å². The molecule has 0 amide bonds. The molecule has 0 atom stereocenters. The minimum absolute atomic E-state index is 0.0961. The molecule has 0 saturated heterocycles. The number of carbonyl (C=O) groups is 1. The van der Waals surface area contributed by atoms with Crippen molar-refractivity contribution >= 4 is 15.8 Å². The Balaban J connectivity index is 1.75. The van der Waals surface area contributed by atoms with E-state index < -0.39 is 43.9 Å². The summed E-state index contributed by atoms with van der Waals surface area (Å²) in [4.78, 5) is 11.1. The molecule has 0 saturated carbocycles. The van der Waals surface area contributed by atoms with Crippen molar-refractivity contribution in [3.8, 4) is 22.6 Å². The van der Waals surface area contributed by atoms with Gasteiger partial charge in [-0.25, -0.2) is 13.2 Å². The van der Waals surface area contributed by atoms with Gasteiger partial charge in [-0.1, -0.05) is 12.1 Å². The Morgan fingerprint density at radius 1 is 1.06 bits per heavy atom. The van der Waals surface area contributed by atoms with Gasteiger partial charge in [-0.15, -0.1) is 0 Å². The van der Waals surface area contributed by atoms with E-state index in [0.717, 1.165) is 24.8 Å². The van der Waals surface area contributed by atoms with Crippen molar-refractivity contribution in [3.05, 3.63) is 76.9 Å². The highest BCUT2D eigenvalue weighted by Gasteiger charge is 2.33. The van der Waals surface area contributed by atoms with E-state index in [1.807, 2.05) is 0 Å². The lowest BCUT2D eigenvalue weighted by atomic mass is 10.00. The van der Waals surface area contributed by atoms with E-state index in [1.54, 1.807) is 18.2 Å². The predicted molar refractivity (Wildman–Crippen MR) is 116 cm³/mol. The van der Waals surface area contributed by atoms with E-state index in [0.29, 0.717) is 30.4 Å². The van der Waals surface area contributed by atoms with Gasteiger partial charge in [-0.2, -0.15) is 13.2 Å². The van der Waals surface area contributed by atoms with Crippen LogP contribution in [0.5, 0.6) is 11.5 Å². The van der Waals surface area contributed by atoms with Gasteiger partial charge in [0, 0.05) is 6.42 Å². The lowest BCUT2D eigenvalue weighted by molar-refractivity contribution is -0.137. The summed E-state index contributed by atoms with van der Waals surface area (Å²) in [5.41, 5.74) is 0.216. The average Bonchev–Trinajstić information content (AvgIpc) is 3.25. The van der Waals surface area contributed by atoms with Gasteiger partial charge in [0.05, 0.1) is 29.9 Å². The van der Waals surface area contributed by atoms with Gasteiger partial charge in [0.2, 0.25) is 0 Å². The summed E-state index contributed by atoms with van der Waals surface area (Å²) < 4.78 is 76.9. The number of ether oxygens (including phenoxy) is 2. The molecule has 10 heteroatoms. The molecular formula is C24H19F3O6S. The minimum atomic E-state index is -4.76. The summed E-state index contributed by atoms with van der Waals surface area (Å²) >= 11 is 0. The van der Waals surface area contributed by atoms with E-state index in [4.69, 9.17) is 4.74 Å². The zero-order valence-electron chi connectivity index (χ0n) is 17.8. The quantitative estimate of drug-likeness (QED) is 0.516. The van der Waals surface area contributed by atoms with Crippen molar-refractivity contribution in [3.63, 3.8) is 0 Å². The molecule has 1 N–H and O–H groups in total. The zero-order valence-corrected chi connectivity index (χ0v) is 18.7. The number of aromatic hydroxyl groups is 1. The highest BCUT2D eigenvalue weighted by atomic mass is 32.2. The second-order valence-corrected chi connectivity index (χ2v) is 9.76. The van der Waals surface area contributed by atoms with Crippen LogP contribution >= 0.6 is 0 Å². The second-order valence-electron chi connectivity index (χ2n) is 7.77. The number of halogens is 3. The first kappa shape index (κ1) is 23.6. The standard InChI is InChI=1S/C24H19F3O6S/c1-32-23(29)20-4-2-14(8-21(20)28)13-34(30,31)19-11-17(10-18(12-19)24(25,26)27)15-3-5-22-16(9-15)6-7-33-22/h2-5,8-12,28H,6-7,13H2,1H3. The van der Waals surface area contributed by atoms with Gasteiger partial charge in [0.1, 0.15) is 17.1 Å². The molecule has 0 aromatic heterocycles. The lowest BCUT2D eigenvalue weighted by Crippen LogP contribution is -2.10. The van der Waals surface area contributed by atoms with Crippen molar-refractivity contribution in [2.75, 3.05) is 13.7 Å². The number of hydrogen-bond donors (Lipinski definition) is 1. The number of methoxy groups -OCH3 is 1. The third kappa shape index (κ3) is 4.72. The molecule has 0 spiro atoms. The molecule has 0 radical (unpaired) electrons. The summed E-state index contributed by atoms with van der Waals surface area (Å²) in [5, 5.41) is 10.0. The summed E-state index contributed by atoms with van der Waals surface area (Å²) in [6.07, 6.45) is -4.15. The number of phenolic OH excluding ortho intramolecular Hbond substituents is 1. The fraction of sp³-hybridized carbons (Fsp3) is 0.208. The number of sulfone groups is 1. The molecule has 34 heavy (non-hydrogen) atoms. The predicted octanol–water partition coefficient (Wildman–Crippen LogP) is 4.77. The van der Waals surface area contributed by atoms with Gasteiger partial charge >= 0.3 is 12.1 Å². The maximum Gasteiger partial charge on any atom is 0.416 e. The normalized spacial score (nSPS) is 13.3. The summed E-state index contributed by atoms with van der Waals surface area (Å²) in [5.74, 6) is -1.33. The fourth-order valence-electron chi connectivity index (χ4n) is 3.73. The smallest absolute Gasteiger partial charge is 0.416 e. The number of esters is 1. The van der Waals surface area contributed by atoms with Crippen LogP contribution in [0.4, 0.5) is 13.2 Å². The molecular weight excluding hydrogens is 473 g/mol. The van der Waals surface area contributed by atoms with E-state index in [1.165, 1.54) is 18.2 Å². The number of rotatable bonds is 5. The van der Waals surface area contributed by atoms with Crippen LogP contribution in [0, 0.1) is 0 Å². The number of carbonyl (C=O) groups excluding carboxylic acids is 1. The van der Waals surface area contributed by atoms with E-state index in [-0.39, 0.29) is 16.7 Å². The molecule has 1 aliphatic heterocycles. The first-order chi connectivity index (χ1) is 16.0. The molecule has 3 aromatic carbocycles. The maximum absolute atomic E-state index is 13.6. The summed E-state index contributed by atoms with van der Waals surface area (Å²) in [6.45, 7) is 0.475. The van der Waals surface area contributed by atoms with E-state index in [9.17, 15) is 31.5 Å². The van der Waals surface area contributed by atoms with Crippen molar-refractivity contribution in [2.45, 2.75) is 23.2 Å². The van der Waals surface area contributed by atoms with Gasteiger partial charge < -0.3 is 14.6 Å². The fourth-order valence-corrected chi connectivity index (χ4v) is 5.13. The van der Waals surface area contributed by atoms with Crippen molar-refractivity contribution in [1.82, 2.24) is 0 Å². The third-order valence-electron chi connectivity index (χ3n) is 5.44. The number of fused-ring (bicyclic) bond motifs is 1. The molecule has 0 unspecified atom stereocenters. The first-order valence-electron chi connectivity index (χ1n) is 10.1. The Morgan fingerprint density at radius 2 is 1.82 bits per heavy atom. The first-order valence-corrected chi connectivity index (χ1v) is 11.7. The van der Waals surface area contributed by atoms with Crippen LogP contribution in [-0.2, 0) is 32.9 Å². The molecule has 0 bridgehead atoms. The van der Waals surface area contributed by atoms with Crippen molar-refractivity contribution in [2.24, 2.45) is 0 Å². The van der Waals surface area contributed by atoms with Crippen LogP contribution in [0.1, 0.15) is 27.0 Å². The molecule has 0 fully saturated rings. The molecule has 178 valence electrons. The zero-order chi connectivity index (χ0) is 24.7. The van der Waals surface area contributed by atoms with Gasteiger partial charge in [-0.05, 0) is 64.7 Å². The molecule has 4 rings (SSSR count). The van der Waals surface area contributed by atoms with Gasteiger partial charge in [0.15, 0.2) is 9.84 Å². The molecule has 6 nitrogen and oxygen atoms in total. The lowest BCUT2D eigenvalue weighted by Gasteiger charge is -2.14.